The summed E-state index contributed by atoms with van der Waals surface area (Å²) in [7, 11) is 0. The van der Waals surface area contributed by atoms with Crippen LogP contribution in [-0.4, -0.2) is 22.1 Å². The molecule has 0 bridgehead atoms. The number of para-hydroxylation sites is 1. The van der Waals surface area contributed by atoms with Crippen LogP contribution in [-0.2, 0) is 11.3 Å². The predicted octanol–water partition coefficient (Wildman–Crippen LogP) is 2.22. The van der Waals surface area contributed by atoms with Gasteiger partial charge in [0, 0.05) is 6.54 Å². The van der Waals surface area contributed by atoms with Gasteiger partial charge in [0.25, 0.3) is 5.56 Å². The molecule has 0 saturated carbocycles. The molecule has 0 aliphatic carbocycles. The number of carbonyl (C=O) groups excluding carboxylic acids is 1. The van der Waals surface area contributed by atoms with Gasteiger partial charge in [-0.15, -0.1) is 0 Å². The Bertz CT molecular complexity index is 1070. The summed E-state index contributed by atoms with van der Waals surface area (Å²) in [6, 6.07) is 9.63. The Morgan fingerprint density at radius 1 is 1.04 bits per heavy atom. The zero-order chi connectivity index (χ0) is 18.7. The fraction of sp³-hybridized carbons (Fsp3) is 0.167. The third kappa shape index (κ3) is 3.39. The predicted molar refractivity (Wildman–Crippen MR) is 90.1 cm³/mol. The van der Waals surface area contributed by atoms with E-state index in [1.165, 1.54) is 0 Å². The van der Waals surface area contributed by atoms with Gasteiger partial charge in [-0.2, -0.15) is 0 Å². The number of H-pyrrole nitrogens is 1. The lowest BCUT2D eigenvalue weighted by Crippen LogP contribution is -2.35. The highest BCUT2D eigenvalue weighted by Crippen LogP contribution is 2.13. The van der Waals surface area contributed by atoms with Crippen molar-refractivity contribution in [2.24, 2.45) is 0 Å². The monoisotopic (exact) mass is 360 g/mol. The Morgan fingerprint density at radius 2 is 1.73 bits per heavy atom. The van der Waals surface area contributed by atoms with Crippen LogP contribution in [0.3, 0.4) is 0 Å². The van der Waals surface area contributed by atoms with Gasteiger partial charge < -0.3 is 9.72 Å². The summed E-state index contributed by atoms with van der Waals surface area (Å²) >= 11 is 0. The zero-order valence-corrected chi connectivity index (χ0v) is 13.5. The molecule has 8 heteroatoms. The van der Waals surface area contributed by atoms with Crippen LogP contribution in [0, 0.1) is 11.6 Å². The molecule has 1 N–H and O–H groups in total. The number of rotatable bonds is 5. The first-order valence-electron chi connectivity index (χ1n) is 7.82. The fourth-order valence-electron chi connectivity index (χ4n) is 2.55. The van der Waals surface area contributed by atoms with Crippen molar-refractivity contribution in [2.45, 2.75) is 13.0 Å². The molecule has 0 spiro atoms. The molecular formula is C18H14F2N2O4. The minimum Gasteiger partial charge on any atom is -0.462 e. The van der Waals surface area contributed by atoms with Gasteiger partial charge in [0.2, 0.25) is 0 Å². The van der Waals surface area contributed by atoms with Crippen LogP contribution in [0.5, 0.6) is 0 Å². The van der Waals surface area contributed by atoms with Crippen LogP contribution >= 0.6 is 0 Å². The summed E-state index contributed by atoms with van der Waals surface area (Å²) in [6.07, 6.45) is 0.128. The molecule has 0 atom stereocenters. The molecule has 6 nitrogen and oxygen atoms in total. The molecule has 0 unspecified atom stereocenters. The number of esters is 1. The standard InChI is InChI=1S/C18H14F2N2O4/c19-12-6-3-7-13(20)15(12)17(24)26-10-4-9-22-16(23)11-5-1-2-8-14(11)21-18(22)25/h1-3,5-8H,4,9-10H2,(H,21,25). The van der Waals surface area contributed by atoms with E-state index in [1.807, 2.05) is 0 Å². The quantitative estimate of drug-likeness (QED) is 0.559. The van der Waals surface area contributed by atoms with E-state index < -0.39 is 34.4 Å². The van der Waals surface area contributed by atoms with Gasteiger partial charge in [-0.25, -0.2) is 18.4 Å². The van der Waals surface area contributed by atoms with Gasteiger partial charge in [0.15, 0.2) is 0 Å². The number of benzene rings is 2. The van der Waals surface area contributed by atoms with Crippen molar-refractivity contribution in [1.29, 1.82) is 0 Å². The van der Waals surface area contributed by atoms with Crippen molar-refractivity contribution in [3.8, 4) is 0 Å². The zero-order valence-electron chi connectivity index (χ0n) is 13.5. The number of fused-ring (bicyclic) bond motifs is 1. The first-order valence-corrected chi connectivity index (χ1v) is 7.82. The van der Waals surface area contributed by atoms with Crippen LogP contribution in [0.4, 0.5) is 8.78 Å². The van der Waals surface area contributed by atoms with Crippen molar-refractivity contribution in [3.63, 3.8) is 0 Å². The SMILES string of the molecule is O=C(OCCCn1c(=O)[nH]c2ccccc2c1=O)c1c(F)cccc1F. The van der Waals surface area contributed by atoms with Crippen LogP contribution in [0.15, 0.2) is 52.1 Å². The Morgan fingerprint density at radius 3 is 2.46 bits per heavy atom. The highest BCUT2D eigenvalue weighted by molar-refractivity contribution is 5.90. The summed E-state index contributed by atoms with van der Waals surface area (Å²) in [5.41, 5.74) is -1.38. The number of aromatic amines is 1. The molecule has 26 heavy (non-hydrogen) atoms. The number of hydrogen-bond donors (Lipinski definition) is 1. The Hall–Kier alpha value is -3.29. The number of nitrogens with one attached hydrogen (secondary N) is 1. The fourth-order valence-corrected chi connectivity index (χ4v) is 2.55. The van der Waals surface area contributed by atoms with E-state index in [2.05, 4.69) is 4.98 Å². The van der Waals surface area contributed by atoms with E-state index in [1.54, 1.807) is 24.3 Å². The summed E-state index contributed by atoms with van der Waals surface area (Å²) in [5.74, 6) is -3.17. The third-order valence-corrected chi connectivity index (χ3v) is 3.82. The molecule has 0 radical (unpaired) electrons. The van der Waals surface area contributed by atoms with E-state index in [4.69, 9.17) is 4.74 Å². The molecule has 134 valence electrons. The molecule has 0 aliphatic rings. The molecule has 1 heterocycles. The molecule has 3 rings (SSSR count). The maximum atomic E-state index is 13.5. The molecule has 1 aromatic heterocycles. The molecule has 2 aromatic carbocycles. The molecule has 0 fully saturated rings. The van der Waals surface area contributed by atoms with E-state index >= 15 is 0 Å². The second-order valence-electron chi connectivity index (χ2n) is 5.52. The summed E-state index contributed by atoms with van der Waals surface area (Å²) in [5, 5.41) is 0.359. The Kier molecular flexibility index (Phi) is 4.92. The van der Waals surface area contributed by atoms with Crippen LogP contribution < -0.4 is 11.2 Å². The van der Waals surface area contributed by atoms with Crippen molar-refractivity contribution >= 4 is 16.9 Å². The van der Waals surface area contributed by atoms with Crippen molar-refractivity contribution in [1.82, 2.24) is 9.55 Å². The van der Waals surface area contributed by atoms with Gasteiger partial charge in [0.1, 0.15) is 17.2 Å². The van der Waals surface area contributed by atoms with Gasteiger partial charge in [-0.3, -0.25) is 9.36 Å². The lowest BCUT2D eigenvalue weighted by molar-refractivity contribution is 0.0484. The summed E-state index contributed by atoms with van der Waals surface area (Å²) in [6.45, 7) is -0.211. The van der Waals surface area contributed by atoms with Crippen molar-refractivity contribution in [3.05, 3.63) is 80.5 Å². The lowest BCUT2D eigenvalue weighted by atomic mass is 10.2. The largest absolute Gasteiger partial charge is 0.462 e. The average molecular weight is 360 g/mol. The van der Waals surface area contributed by atoms with Crippen LogP contribution in [0.2, 0.25) is 0 Å². The Balaban J connectivity index is 1.68. The summed E-state index contributed by atoms with van der Waals surface area (Å²) < 4.78 is 32.8. The van der Waals surface area contributed by atoms with E-state index in [-0.39, 0.29) is 19.6 Å². The first-order chi connectivity index (χ1) is 12.5. The van der Waals surface area contributed by atoms with Crippen molar-refractivity contribution in [2.75, 3.05) is 6.61 Å². The molecule has 0 saturated heterocycles. The normalized spacial score (nSPS) is 10.8. The molecular weight excluding hydrogens is 346 g/mol. The molecule has 0 aliphatic heterocycles. The number of ether oxygens (including phenoxy) is 1. The highest BCUT2D eigenvalue weighted by atomic mass is 19.1. The van der Waals surface area contributed by atoms with E-state index in [0.29, 0.717) is 10.9 Å². The molecule has 3 aromatic rings. The van der Waals surface area contributed by atoms with Crippen molar-refractivity contribution < 1.29 is 18.3 Å². The van der Waals surface area contributed by atoms with Gasteiger partial charge in [-0.05, 0) is 30.7 Å². The van der Waals surface area contributed by atoms with E-state index in [9.17, 15) is 23.2 Å². The Labute approximate surface area is 145 Å². The smallest absolute Gasteiger partial charge is 0.344 e. The van der Waals surface area contributed by atoms with E-state index in [0.717, 1.165) is 22.8 Å². The average Bonchev–Trinajstić information content (AvgIpc) is 2.60. The van der Waals surface area contributed by atoms with Crippen LogP contribution in [0.1, 0.15) is 16.8 Å². The topological polar surface area (TPSA) is 81.2 Å². The lowest BCUT2D eigenvalue weighted by Gasteiger charge is -2.08. The number of carbonyl (C=O) groups is 1. The highest BCUT2D eigenvalue weighted by Gasteiger charge is 2.18. The van der Waals surface area contributed by atoms with Gasteiger partial charge in [0.05, 0.1) is 17.5 Å². The summed E-state index contributed by atoms with van der Waals surface area (Å²) in [4.78, 5) is 38.7. The maximum Gasteiger partial charge on any atom is 0.344 e. The van der Waals surface area contributed by atoms with Gasteiger partial charge in [-0.1, -0.05) is 18.2 Å². The first kappa shape index (κ1) is 17.5. The second-order valence-corrected chi connectivity index (χ2v) is 5.52. The maximum absolute atomic E-state index is 13.5. The van der Waals surface area contributed by atoms with Crippen LogP contribution in [0.25, 0.3) is 10.9 Å². The number of nitrogens with zero attached hydrogens (tertiary/aromatic N) is 1. The minimum atomic E-state index is -1.14. The number of halogens is 2. The number of aromatic nitrogens is 2. The minimum absolute atomic E-state index is 0.00790. The van der Waals surface area contributed by atoms with Gasteiger partial charge >= 0.3 is 11.7 Å². The number of hydrogen-bond acceptors (Lipinski definition) is 4. The third-order valence-electron chi connectivity index (χ3n) is 3.82. The second kappa shape index (κ2) is 7.30. The molecule has 0 amide bonds.